The van der Waals surface area contributed by atoms with Crippen LogP contribution in [0.15, 0.2) is 42.5 Å². The molecule has 4 nitrogen and oxygen atoms in total. The van der Waals surface area contributed by atoms with Crippen molar-refractivity contribution >= 4 is 5.91 Å². The average Bonchev–Trinajstić information content (AvgIpc) is 2.52. The standard InChI is InChI=1S/C16H16FNO3/c1-20-14-5-3-4-12(15(14)21-2)10-18-16(19)11-6-8-13(17)9-7-11/h3-9H,10H2,1-2H3,(H,18,19). The van der Waals surface area contributed by atoms with Gasteiger partial charge in [-0.25, -0.2) is 4.39 Å². The van der Waals surface area contributed by atoms with Gasteiger partial charge >= 0.3 is 0 Å². The first-order valence-electron chi connectivity index (χ1n) is 6.39. The Morgan fingerprint density at radius 1 is 1.10 bits per heavy atom. The van der Waals surface area contributed by atoms with E-state index >= 15 is 0 Å². The van der Waals surface area contributed by atoms with Gasteiger partial charge in [-0.3, -0.25) is 4.79 Å². The van der Waals surface area contributed by atoms with E-state index in [1.807, 2.05) is 12.1 Å². The van der Waals surface area contributed by atoms with E-state index in [0.717, 1.165) is 5.56 Å². The number of para-hydroxylation sites is 1. The summed E-state index contributed by atoms with van der Waals surface area (Å²) in [6.45, 7) is 0.288. The van der Waals surface area contributed by atoms with Gasteiger partial charge in [-0.1, -0.05) is 12.1 Å². The summed E-state index contributed by atoms with van der Waals surface area (Å²) in [6, 6.07) is 10.8. The summed E-state index contributed by atoms with van der Waals surface area (Å²) in [4.78, 5) is 12.0. The Hall–Kier alpha value is -2.56. The topological polar surface area (TPSA) is 47.6 Å². The Kier molecular flexibility index (Phi) is 4.77. The average molecular weight is 289 g/mol. The molecule has 0 saturated carbocycles. The maximum atomic E-state index is 12.8. The Morgan fingerprint density at radius 2 is 1.81 bits per heavy atom. The molecule has 2 rings (SSSR count). The Morgan fingerprint density at radius 3 is 2.43 bits per heavy atom. The number of nitrogens with one attached hydrogen (secondary N) is 1. The molecule has 0 spiro atoms. The van der Waals surface area contributed by atoms with E-state index in [2.05, 4.69) is 5.32 Å². The lowest BCUT2D eigenvalue weighted by atomic mass is 10.1. The molecule has 1 N–H and O–H groups in total. The molecule has 5 heteroatoms. The Bertz CT molecular complexity index is 626. The zero-order chi connectivity index (χ0) is 15.2. The van der Waals surface area contributed by atoms with Crippen LogP contribution in [0.5, 0.6) is 11.5 Å². The maximum Gasteiger partial charge on any atom is 0.251 e. The largest absolute Gasteiger partial charge is 0.493 e. The van der Waals surface area contributed by atoms with Gasteiger partial charge in [0.1, 0.15) is 5.82 Å². The van der Waals surface area contributed by atoms with Gasteiger partial charge in [-0.15, -0.1) is 0 Å². The lowest BCUT2D eigenvalue weighted by Gasteiger charge is -2.13. The molecule has 2 aromatic carbocycles. The predicted octanol–water partition coefficient (Wildman–Crippen LogP) is 2.77. The number of benzene rings is 2. The van der Waals surface area contributed by atoms with E-state index in [4.69, 9.17) is 9.47 Å². The van der Waals surface area contributed by atoms with Crippen molar-refractivity contribution in [1.29, 1.82) is 0 Å². The van der Waals surface area contributed by atoms with Crippen LogP contribution >= 0.6 is 0 Å². The number of carbonyl (C=O) groups excluding carboxylic acids is 1. The van der Waals surface area contributed by atoms with Gasteiger partial charge in [-0.05, 0) is 30.3 Å². The molecule has 0 aliphatic carbocycles. The van der Waals surface area contributed by atoms with E-state index < -0.39 is 0 Å². The minimum absolute atomic E-state index is 0.278. The van der Waals surface area contributed by atoms with Crippen molar-refractivity contribution < 1.29 is 18.7 Å². The van der Waals surface area contributed by atoms with E-state index in [9.17, 15) is 9.18 Å². The quantitative estimate of drug-likeness (QED) is 0.920. The number of ether oxygens (including phenoxy) is 2. The smallest absolute Gasteiger partial charge is 0.251 e. The minimum Gasteiger partial charge on any atom is -0.493 e. The van der Waals surface area contributed by atoms with Gasteiger partial charge in [0.2, 0.25) is 0 Å². The molecule has 0 unspecified atom stereocenters. The zero-order valence-corrected chi connectivity index (χ0v) is 11.9. The van der Waals surface area contributed by atoms with Crippen LogP contribution < -0.4 is 14.8 Å². The molecule has 0 bridgehead atoms. The number of halogens is 1. The van der Waals surface area contributed by atoms with Gasteiger partial charge in [0, 0.05) is 17.7 Å². The molecule has 110 valence electrons. The van der Waals surface area contributed by atoms with Crippen LogP contribution in [-0.4, -0.2) is 20.1 Å². The summed E-state index contributed by atoms with van der Waals surface area (Å²) in [6.07, 6.45) is 0. The summed E-state index contributed by atoms with van der Waals surface area (Å²) in [5.74, 6) is 0.534. The number of methoxy groups -OCH3 is 2. The van der Waals surface area contributed by atoms with Crippen molar-refractivity contribution in [2.45, 2.75) is 6.54 Å². The molecule has 21 heavy (non-hydrogen) atoms. The lowest BCUT2D eigenvalue weighted by molar-refractivity contribution is 0.0950. The fraction of sp³-hybridized carbons (Fsp3) is 0.188. The molecule has 0 radical (unpaired) electrons. The second kappa shape index (κ2) is 6.74. The monoisotopic (exact) mass is 289 g/mol. The third kappa shape index (κ3) is 3.51. The first kappa shape index (κ1) is 14.8. The van der Waals surface area contributed by atoms with Gasteiger partial charge in [0.15, 0.2) is 11.5 Å². The molecule has 0 atom stereocenters. The van der Waals surface area contributed by atoms with Gasteiger partial charge in [0.05, 0.1) is 14.2 Å². The molecule has 0 heterocycles. The minimum atomic E-state index is -0.374. The van der Waals surface area contributed by atoms with Crippen molar-refractivity contribution in [1.82, 2.24) is 5.32 Å². The molecule has 0 aliphatic rings. The Balaban J connectivity index is 2.09. The van der Waals surface area contributed by atoms with Crippen LogP contribution in [0.25, 0.3) is 0 Å². The lowest BCUT2D eigenvalue weighted by Crippen LogP contribution is -2.23. The molecule has 0 aromatic heterocycles. The molecule has 0 saturated heterocycles. The third-order valence-corrected chi connectivity index (χ3v) is 3.03. The Labute approximate surface area is 122 Å². The number of carbonyl (C=O) groups is 1. The number of hydrogen-bond acceptors (Lipinski definition) is 3. The van der Waals surface area contributed by atoms with E-state index in [1.54, 1.807) is 20.3 Å². The molecular weight excluding hydrogens is 273 g/mol. The first-order valence-corrected chi connectivity index (χ1v) is 6.39. The second-order valence-corrected chi connectivity index (χ2v) is 4.34. The third-order valence-electron chi connectivity index (χ3n) is 3.03. The van der Waals surface area contributed by atoms with Crippen molar-refractivity contribution in [3.63, 3.8) is 0 Å². The van der Waals surface area contributed by atoms with Crippen molar-refractivity contribution in [3.05, 3.63) is 59.4 Å². The highest BCUT2D eigenvalue weighted by Crippen LogP contribution is 2.30. The first-order chi connectivity index (χ1) is 10.2. The highest BCUT2D eigenvalue weighted by molar-refractivity contribution is 5.94. The summed E-state index contributed by atoms with van der Waals surface area (Å²) < 4.78 is 23.3. The fourth-order valence-electron chi connectivity index (χ4n) is 1.97. The van der Waals surface area contributed by atoms with Gasteiger partial charge in [-0.2, -0.15) is 0 Å². The number of rotatable bonds is 5. The van der Waals surface area contributed by atoms with Gasteiger partial charge < -0.3 is 14.8 Å². The van der Waals surface area contributed by atoms with Crippen LogP contribution in [0.4, 0.5) is 4.39 Å². The van der Waals surface area contributed by atoms with Crippen molar-refractivity contribution in [2.75, 3.05) is 14.2 Å². The van der Waals surface area contributed by atoms with Gasteiger partial charge in [0.25, 0.3) is 5.91 Å². The summed E-state index contributed by atoms with van der Waals surface area (Å²) in [7, 11) is 3.10. The van der Waals surface area contributed by atoms with Crippen LogP contribution in [0, 0.1) is 5.82 Å². The van der Waals surface area contributed by atoms with E-state index in [0.29, 0.717) is 17.1 Å². The van der Waals surface area contributed by atoms with Crippen molar-refractivity contribution in [2.24, 2.45) is 0 Å². The molecular formula is C16H16FNO3. The fourth-order valence-corrected chi connectivity index (χ4v) is 1.97. The summed E-state index contributed by atoms with van der Waals surface area (Å²) in [5, 5.41) is 2.76. The molecule has 0 aliphatic heterocycles. The zero-order valence-electron chi connectivity index (χ0n) is 11.9. The van der Waals surface area contributed by atoms with Crippen LogP contribution in [-0.2, 0) is 6.54 Å². The molecule has 0 fully saturated rings. The molecule has 1 amide bonds. The van der Waals surface area contributed by atoms with Crippen LogP contribution in [0.2, 0.25) is 0 Å². The number of amides is 1. The highest BCUT2D eigenvalue weighted by Gasteiger charge is 2.11. The highest BCUT2D eigenvalue weighted by atomic mass is 19.1. The SMILES string of the molecule is COc1cccc(CNC(=O)c2ccc(F)cc2)c1OC. The van der Waals surface area contributed by atoms with E-state index in [-0.39, 0.29) is 18.3 Å². The van der Waals surface area contributed by atoms with Crippen LogP contribution in [0.3, 0.4) is 0 Å². The maximum absolute atomic E-state index is 12.8. The predicted molar refractivity (Wildman–Crippen MR) is 77.1 cm³/mol. The summed E-state index contributed by atoms with van der Waals surface area (Å²) >= 11 is 0. The number of hydrogen-bond donors (Lipinski definition) is 1. The van der Waals surface area contributed by atoms with Crippen LogP contribution in [0.1, 0.15) is 15.9 Å². The second-order valence-electron chi connectivity index (χ2n) is 4.34. The van der Waals surface area contributed by atoms with Crippen molar-refractivity contribution in [3.8, 4) is 11.5 Å². The van der Waals surface area contributed by atoms with E-state index in [1.165, 1.54) is 24.3 Å². The normalized spacial score (nSPS) is 10.0. The molecule has 2 aromatic rings. The summed E-state index contributed by atoms with van der Waals surface area (Å²) in [5.41, 5.74) is 1.20.